The number of hydrogen-bond acceptors (Lipinski definition) is 4. The van der Waals surface area contributed by atoms with E-state index in [1.807, 2.05) is 48.5 Å². The summed E-state index contributed by atoms with van der Waals surface area (Å²) in [5.74, 6) is 2.05. The molecule has 0 heterocycles. The number of likely N-dealkylation sites (N-methyl/N-ethyl adjacent to an activating group) is 1. The first-order valence-electron chi connectivity index (χ1n) is 7.48. The fourth-order valence-corrected chi connectivity index (χ4v) is 2.31. The predicted octanol–water partition coefficient (Wildman–Crippen LogP) is 3.37. The van der Waals surface area contributed by atoms with E-state index < -0.39 is 0 Å². The van der Waals surface area contributed by atoms with Gasteiger partial charge in [0.2, 0.25) is 0 Å². The Balaban J connectivity index is 1.72. The van der Waals surface area contributed by atoms with Crippen molar-refractivity contribution in [2.24, 2.45) is 0 Å². The van der Waals surface area contributed by atoms with Crippen molar-refractivity contribution in [1.82, 2.24) is 4.90 Å². The largest absolute Gasteiger partial charge is 0.497 e. The number of nitrogens with zero attached hydrogens (tertiary/aromatic N) is 1. The van der Waals surface area contributed by atoms with Crippen molar-refractivity contribution in [3.8, 4) is 17.2 Å². The van der Waals surface area contributed by atoms with Gasteiger partial charge < -0.3 is 19.1 Å². The van der Waals surface area contributed by atoms with E-state index in [9.17, 15) is 4.79 Å². The average Bonchev–Trinajstić information content (AvgIpc) is 2.61. The zero-order valence-corrected chi connectivity index (χ0v) is 15.3. The van der Waals surface area contributed by atoms with Gasteiger partial charge in [0, 0.05) is 7.05 Å². The second kappa shape index (κ2) is 9.17. The van der Waals surface area contributed by atoms with Gasteiger partial charge in [0.15, 0.2) is 6.61 Å². The van der Waals surface area contributed by atoms with Gasteiger partial charge in [-0.1, -0.05) is 12.1 Å². The highest BCUT2D eigenvalue weighted by atomic mass is 79.9. The number of para-hydroxylation sites is 1. The predicted molar refractivity (Wildman–Crippen MR) is 95.8 cm³/mol. The van der Waals surface area contributed by atoms with Crippen LogP contribution in [0.1, 0.15) is 0 Å². The Morgan fingerprint density at radius 3 is 2.38 bits per heavy atom. The van der Waals surface area contributed by atoms with E-state index in [0.717, 1.165) is 16.0 Å². The molecule has 2 aromatic carbocycles. The highest BCUT2D eigenvalue weighted by Crippen LogP contribution is 2.23. The van der Waals surface area contributed by atoms with Crippen molar-refractivity contribution in [2.45, 2.75) is 0 Å². The van der Waals surface area contributed by atoms with Gasteiger partial charge in [0.25, 0.3) is 5.91 Å². The quantitative estimate of drug-likeness (QED) is 0.689. The molecule has 0 atom stereocenters. The van der Waals surface area contributed by atoms with Crippen molar-refractivity contribution in [2.75, 3.05) is 33.9 Å². The highest BCUT2D eigenvalue weighted by molar-refractivity contribution is 9.10. The Labute approximate surface area is 150 Å². The van der Waals surface area contributed by atoms with Crippen LogP contribution in [0.25, 0.3) is 0 Å². The van der Waals surface area contributed by atoms with Gasteiger partial charge in [0.05, 0.1) is 18.1 Å². The van der Waals surface area contributed by atoms with Gasteiger partial charge >= 0.3 is 0 Å². The topological polar surface area (TPSA) is 48.0 Å². The van der Waals surface area contributed by atoms with Crippen LogP contribution in [-0.4, -0.2) is 44.7 Å². The number of benzene rings is 2. The first-order chi connectivity index (χ1) is 11.6. The number of amides is 1. The second-order valence-electron chi connectivity index (χ2n) is 5.06. The van der Waals surface area contributed by atoms with Gasteiger partial charge in [-0.15, -0.1) is 0 Å². The third-order valence-electron chi connectivity index (χ3n) is 3.37. The van der Waals surface area contributed by atoms with Crippen LogP contribution in [-0.2, 0) is 4.79 Å². The van der Waals surface area contributed by atoms with E-state index in [2.05, 4.69) is 15.9 Å². The van der Waals surface area contributed by atoms with Crippen LogP contribution >= 0.6 is 15.9 Å². The molecular weight excluding hydrogens is 374 g/mol. The highest BCUT2D eigenvalue weighted by Gasteiger charge is 2.10. The zero-order chi connectivity index (χ0) is 17.4. The summed E-state index contributed by atoms with van der Waals surface area (Å²) in [5.41, 5.74) is 0. The van der Waals surface area contributed by atoms with E-state index in [4.69, 9.17) is 14.2 Å². The summed E-state index contributed by atoms with van der Waals surface area (Å²) in [4.78, 5) is 13.7. The van der Waals surface area contributed by atoms with Crippen molar-refractivity contribution >= 4 is 21.8 Å². The molecule has 0 saturated heterocycles. The molecule has 0 aromatic heterocycles. The summed E-state index contributed by atoms with van der Waals surface area (Å²) in [5, 5.41) is 0. The minimum Gasteiger partial charge on any atom is -0.497 e. The molecule has 0 aliphatic heterocycles. The number of methoxy groups -OCH3 is 1. The average molecular weight is 394 g/mol. The van der Waals surface area contributed by atoms with E-state index in [-0.39, 0.29) is 12.5 Å². The monoisotopic (exact) mass is 393 g/mol. The Bertz CT molecular complexity index is 660. The zero-order valence-electron chi connectivity index (χ0n) is 13.7. The summed E-state index contributed by atoms with van der Waals surface area (Å²) in [6.45, 7) is 0.870. The van der Waals surface area contributed by atoms with Gasteiger partial charge in [-0.2, -0.15) is 0 Å². The number of hydrogen-bond donors (Lipinski definition) is 0. The molecule has 0 unspecified atom stereocenters. The first kappa shape index (κ1) is 18.1. The summed E-state index contributed by atoms with van der Waals surface area (Å²) >= 11 is 3.38. The van der Waals surface area contributed by atoms with Gasteiger partial charge in [-0.05, 0) is 52.3 Å². The minimum atomic E-state index is -0.107. The number of rotatable bonds is 8. The Hall–Kier alpha value is -2.21. The number of ether oxygens (including phenoxy) is 3. The smallest absolute Gasteiger partial charge is 0.260 e. The van der Waals surface area contributed by atoms with Crippen molar-refractivity contribution in [3.05, 3.63) is 53.0 Å². The number of carbonyl (C=O) groups is 1. The van der Waals surface area contributed by atoms with Gasteiger partial charge in [0.1, 0.15) is 23.9 Å². The lowest BCUT2D eigenvalue weighted by Gasteiger charge is -2.18. The molecule has 0 bridgehead atoms. The summed E-state index contributed by atoms with van der Waals surface area (Å²) in [6, 6.07) is 14.7. The SMILES string of the molecule is COc1ccc(OCCN(C)C(=O)COc2ccccc2Br)cc1. The molecule has 0 N–H and O–H groups in total. The molecule has 0 saturated carbocycles. The molecule has 1 amide bonds. The maximum absolute atomic E-state index is 12.1. The molecule has 6 heteroatoms. The number of halogens is 1. The molecule has 24 heavy (non-hydrogen) atoms. The van der Waals surface area contributed by atoms with E-state index >= 15 is 0 Å². The molecule has 2 rings (SSSR count). The lowest BCUT2D eigenvalue weighted by molar-refractivity contribution is -0.132. The van der Waals surface area contributed by atoms with Gasteiger partial charge in [-0.25, -0.2) is 0 Å². The maximum atomic E-state index is 12.1. The molecule has 128 valence electrons. The van der Waals surface area contributed by atoms with Crippen LogP contribution in [0, 0.1) is 0 Å². The summed E-state index contributed by atoms with van der Waals surface area (Å²) in [7, 11) is 3.34. The van der Waals surface area contributed by atoms with Crippen LogP contribution < -0.4 is 14.2 Å². The Morgan fingerprint density at radius 2 is 1.71 bits per heavy atom. The van der Waals surface area contributed by atoms with E-state index in [1.54, 1.807) is 19.1 Å². The Morgan fingerprint density at radius 1 is 1.04 bits per heavy atom. The maximum Gasteiger partial charge on any atom is 0.260 e. The summed E-state index contributed by atoms with van der Waals surface area (Å²) in [6.07, 6.45) is 0. The standard InChI is InChI=1S/C18H20BrNO4/c1-20(11-12-23-15-9-7-14(22-2)8-10-15)18(21)13-24-17-6-4-3-5-16(17)19/h3-10H,11-13H2,1-2H3. The molecular formula is C18H20BrNO4. The first-order valence-corrected chi connectivity index (χ1v) is 8.27. The third-order valence-corrected chi connectivity index (χ3v) is 4.02. The van der Waals surface area contributed by atoms with Crippen LogP contribution in [0.4, 0.5) is 0 Å². The molecule has 2 aromatic rings. The summed E-state index contributed by atoms with van der Waals surface area (Å²) < 4.78 is 17.0. The molecule has 5 nitrogen and oxygen atoms in total. The van der Waals surface area contributed by atoms with Crippen LogP contribution in [0.2, 0.25) is 0 Å². The normalized spacial score (nSPS) is 10.1. The molecule has 0 fully saturated rings. The van der Waals surface area contributed by atoms with Crippen LogP contribution in [0.15, 0.2) is 53.0 Å². The second-order valence-corrected chi connectivity index (χ2v) is 5.91. The fraction of sp³-hybridized carbons (Fsp3) is 0.278. The lowest BCUT2D eigenvalue weighted by atomic mass is 10.3. The number of carbonyl (C=O) groups excluding carboxylic acids is 1. The minimum absolute atomic E-state index is 0.0123. The fourth-order valence-electron chi connectivity index (χ4n) is 1.91. The van der Waals surface area contributed by atoms with Crippen molar-refractivity contribution in [1.29, 1.82) is 0 Å². The molecule has 0 radical (unpaired) electrons. The molecule has 0 aliphatic carbocycles. The van der Waals surface area contributed by atoms with Crippen molar-refractivity contribution in [3.63, 3.8) is 0 Å². The lowest BCUT2D eigenvalue weighted by Crippen LogP contribution is -2.34. The van der Waals surface area contributed by atoms with Crippen molar-refractivity contribution < 1.29 is 19.0 Å². The van der Waals surface area contributed by atoms with Crippen LogP contribution in [0.5, 0.6) is 17.2 Å². The van der Waals surface area contributed by atoms with E-state index in [1.165, 1.54) is 0 Å². The molecule has 0 spiro atoms. The third kappa shape index (κ3) is 5.45. The molecule has 0 aliphatic rings. The van der Waals surface area contributed by atoms with Crippen LogP contribution in [0.3, 0.4) is 0 Å². The van der Waals surface area contributed by atoms with E-state index in [0.29, 0.717) is 18.9 Å². The Kier molecular flexibility index (Phi) is 6.93. The van der Waals surface area contributed by atoms with Gasteiger partial charge in [-0.3, -0.25) is 4.79 Å².